The van der Waals surface area contributed by atoms with E-state index in [0.29, 0.717) is 0 Å². The number of carbonyl (C=O) groups excluding carboxylic acids is 3. The minimum Gasteiger partial charge on any atom is -0.480 e. The van der Waals surface area contributed by atoms with E-state index >= 15 is 0 Å². The Kier molecular flexibility index (Phi) is 7.98. The number of thioether (sulfide) groups is 1. The van der Waals surface area contributed by atoms with Gasteiger partial charge >= 0.3 is 12.1 Å². The fourth-order valence-corrected chi connectivity index (χ4v) is 4.40. The number of carboxylic acids is 1. The van der Waals surface area contributed by atoms with Gasteiger partial charge in [0.1, 0.15) is 17.7 Å². The minimum absolute atomic E-state index is 0.103. The summed E-state index contributed by atoms with van der Waals surface area (Å²) in [7, 11) is 0. The molecule has 1 aromatic carbocycles. The second-order valence-corrected chi connectivity index (χ2v) is 11.0. The highest BCUT2D eigenvalue weighted by Gasteiger charge is 2.55. The van der Waals surface area contributed by atoms with Crippen LogP contribution < -0.4 is 5.32 Å². The van der Waals surface area contributed by atoms with Crippen LogP contribution in [0.4, 0.5) is 4.79 Å². The minimum atomic E-state index is -1.13. The van der Waals surface area contributed by atoms with Gasteiger partial charge in [-0.15, -0.1) is 0 Å². The summed E-state index contributed by atoms with van der Waals surface area (Å²) in [6.45, 7) is 10.3. The molecule has 3 atom stereocenters. The van der Waals surface area contributed by atoms with E-state index in [1.165, 1.54) is 4.90 Å². The third-order valence-corrected chi connectivity index (χ3v) is 5.83. The number of hydrogen-bond acceptors (Lipinski definition) is 6. The molecule has 1 fully saturated rings. The third-order valence-electron chi connectivity index (χ3n) is 4.89. The number of carbonyl (C=O) groups is 4. The van der Waals surface area contributed by atoms with Crippen molar-refractivity contribution in [1.29, 1.82) is 0 Å². The predicted octanol–water partition coefficient (Wildman–Crippen LogP) is 3.69. The number of amides is 2. The van der Waals surface area contributed by atoms with Crippen molar-refractivity contribution in [2.45, 2.75) is 83.0 Å². The molecule has 0 aromatic heterocycles. The lowest BCUT2D eigenvalue weighted by Gasteiger charge is -2.52. The van der Waals surface area contributed by atoms with Gasteiger partial charge in [-0.1, -0.05) is 50.7 Å². The van der Waals surface area contributed by atoms with E-state index in [4.69, 9.17) is 4.74 Å². The van der Waals surface area contributed by atoms with Crippen molar-refractivity contribution in [3.8, 4) is 0 Å². The average Bonchev–Trinajstić information content (AvgIpc) is 2.64. The first-order valence-electron chi connectivity index (χ1n) is 10.5. The van der Waals surface area contributed by atoms with Crippen molar-refractivity contribution in [2.24, 2.45) is 5.41 Å². The van der Waals surface area contributed by atoms with Crippen LogP contribution in [0.5, 0.6) is 0 Å². The number of nitrogens with zero attached hydrogens (tertiary/aromatic N) is 1. The second kappa shape index (κ2) is 9.94. The van der Waals surface area contributed by atoms with Gasteiger partial charge < -0.3 is 20.1 Å². The number of hydrogen-bond donors (Lipinski definition) is 2. The summed E-state index contributed by atoms with van der Waals surface area (Å²) in [4.78, 5) is 51.7. The molecule has 0 bridgehead atoms. The highest BCUT2D eigenvalue weighted by atomic mass is 32.2. The highest BCUT2D eigenvalue weighted by molar-refractivity contribution is 8.13. The maximum atomic E-state index is 12.9. The monoisotopic (exact) mass is 464 g/mol. The molecule has 1 saturated heterocycles. The van der Waals surface area contributed by atoms with E-state index in [-0.39, 0.29) is 18.0 Å². The van der Waals surface area contributed by atoms with Crippen LogP contribution >= 0.6 is 11.8 Å². The van der Waals surface area contributed by atoms with Crippen LogP contribution in [0, 0.1) is 5.41 Å². The highest BCUT2D eigenvalue weighted by Crippen LogP contribution is 2.36. The van der Waals surface area contributed by atoms with Crippen LogP contribution in [0.2, 0.25) is 0 Å². The van der Waals surface area contributed by atoms with E-state index in [2.05, 4.69) is 5.32 Å². The molecular weight excluding hydrogens is 432 g/mol. The quantitative estimate of drug-likeness (QED) is 0.467. The number of β-lactam (4-membered cyclic amide) rings is 1. The van der Waals surface area contributed by atoms with Gasteiger partial charge in [-0.05, 0) is 44.7 Å². The zero-order valence-corrected chi connectivity index (χ0v) is 20.2. The number of alkyl carbamates (subject to hydrolysis) is 1. The van der Waals surface area contributed by atoms with Gasteiger partial charge in [-0.25, -0.2) is 9.59 Å². The van der Waals surface area contributed by atoms with Crippen molar-refractivity contribution < 1.29 is 29.0 Å². The first kappa shape index (κ1) is 25.7. The predicted molar refractivity (Wildman–Crippen MR) is 121 cm³/mol. The molecule has 1 aromatic rings. The summed E-state index contributed by atoms with van der Waals surface area (Å²) in [5.41, 5.74) is -1.48. The molecule has 0 spiro atoms. The number of likely N-dealkylation sites (tertiary alicyclic amines) is 1. The summed E-state index contributed by atoms with van der Waals surface area (Å²) in [5.74, 6) is -1.62. The van der Waals surface area contributed by atoms with Crippen molar-refractivity contribution >= 4 is 34.8 Å². The molecule has 2 amide bonds. The fraction of sp³-hybridized carbons (Fsp3) is 0.565. The van der Waals surface area contributed by atoms with Gasteiger partial charge in [0, 0.05) is 11.3 Å². The summed E-state index contributed by atoms with van der Waals surface area (Å²) in [6.07, 6.45) is -0.407. The third kappa shape index (κ3) is 6.72. The summed E-state index contributed by atoms with van der Waals surface area (Å²) in [6, 6.07) is 6.53. The number of benzene rings is 1. The molecule has 0 saturated carbocycles. The molecule has 176 valence electrons. The van der Waals surface area contributed by atoms with Crippen molar-refractivity contribution in [3.63, 3.8) is 0 Å². The molecule has 1 unspecified atom stereocenters. The fourth-order valence-electron chi connectivity index (χ4n) is 3.63. The smallest absolute Gasteiger partial charge is 0.408 e. The standard InChI is InChI=1S/C23H32N2O6S/c1-22(2,3)18(20(28)29)25-15(12-13-16(26)32-14-10-8-7-9-11-14)17(19(25)27)24-21(30)31-23(4,5)6/h7-11,15,17-18H,12-13H2,1-6H3,(H,24,30)(H,28,29)/t15-,17+,18?/m1/s1. The Morgan fingerprint density at radius 3 is 2.22 bits per heavy atom. The maximum absolute atomic E-state index is 12.9. The average molecular weight is 465 g/mol. The van der Waals surface area contributed by atoms with E-state index < -0.39 is 47.1 Å². The van der Waals surface area contributed by atoms with Crippen LogP contribution in [0.15, 0.2) is 35.2 Å². The molecule has 2 rings (SSSR count). The topological polar surface area (TPSA) is 113 Å². The van der Waals surface area contributed by atoms with Crippen molar-refractivity contribution in [2.75, 3.05) is 0 Å². The first-order chi connectivity index (χ1) is 14.7. The van der Waals surface area contributed by atoms with Gasteiger partial charge in [0.2, 0.25) is 5.91 Å². The number of rotatable bonds is 7. The Morgan fingerprint density at radius 2 is 1.72 bits per heavy atom. The van der Waals surface area contributed by atoms with Crippen LogP contribution in [-0.4, -0.2) is 56.8 Å². The molecule has 2 N–H and O–H groups in total. The summed E-state index contributed by atoms with van der Waals surface area (Å²) < 4.78 is 5.25. The van der Waals surface area contributed by atoms with Gasteiger partial charge in [-0.2, -0.15) is 0 Å². The molecule has 8 nitrogen and oxygen atoms in total. The Balaban J connectivity index is 2.16. The largest absolute Gasteiger partial charge is 0.480 e. The number of aliphatic carboxylic acids is 1. The van der Waals surface area contributed by atoms with Crippen molar-refractivity contribution in [3.05, 3.63) is 30.3 Å². The van der Waals surface area contributed by atoms with E-state index in [1.807, 2.05) is 30.3 Å². The molecule has 32 heavy (non-hydrogen) atoms. The second-order valence-electron chi connectivity index (χ2n) is 9.87. The zero-order valence-electron chi connectivity index (χ0n) is 19.4. The van der Waals surface area contributed by atoms with Gasteiger partial charge in [-0.3, -0.25) is 9.59 Å². The van der Waals surface area contributed by atoms with Crippen LogP contribution in [0.1, 0.15) is 54.4 Å². The number of carboxylic acid groups (broad SMARTS) is 1. The summed E-state index contributed by atoms with van der Waals surface area (Å²) >= 11 is 1.09. The Morgan fingerprint density at radius 1 is 1.12 bits per heavy atom. The van der Waals surface area contributed by atoms with Crippen LogP contribution in [0.25, 0.3) is 0 Å². The van der Waals surface area contributed by atoms with Crippen LogP contribution in [0.3, 0.4) is 0 Å². The molecule has 1 aliphatic rings. The number of ether oxygens (including phenoxy) is 1. The Bertz CT molecular complexity index is 859. The lowest BCUT2D eigenvalue weighted by Crippen LogP contribution is -2.75. The molecule has 1 aliphatic heterocycles. The van der Waals surface area contributed by atoms with Gasteiger partial charge in [0.05, 0.1) is 6.04 Å². The van der Waals surface area contributed by atoms with E-state index in [9.17, 15) is 24.3 Å². The van der Waals surface area contributed by atoms with Gasteiger partial charge in [0.15, 0.2) is 5.12 Å². The molecule has 0 radical (unpaired) electrons. The molecule has 0 aliphatic carbocycles. The Hall–Kier alpha value is -2.55. The Labute approximate surface area is 193 Å². The van der Waals surface area contributed by atoms with Gasteiger partial charge in [0.25, 0.3) is 0 Å². The molecule has 9 heteroatoms. The SMILES string of the molecule is CC(C)(C)OC(=O)N[C@@H]1C(=O)N(C(C(=O)O)C(C)(C)C)[C@@H]1CCC(=O)Sc1ccccc1. The lowest BCUT2D eigenvalue weighted by atomic mass is 9.79. The van der Waals surface area contributed by atoms with Crippen molar-refractivity contribution in [1.82, 2.24) is 10.2 Å². The maximum Gasteiger partial charge on any atom is 0.408 e. The normalized spacial score (nSPS) is 19.7. The summed E-state index contributed by atoms with van der Waals surface area (Å²) in [5, 5.41) is 12.3. The zero-order chi connectivity index (χ0) is 24.3. The van der Waals surface area contributed by atoms with E-state index in [1.54, 1.807) is 41.5 Å². The lowest BCUT2D eigenvalue weighted by molar-refractivity contribution is -0.172. The first-order valence-corrected chi connectivity index (χ1v) is 11.3. The molecular formula is C23H32N2O6S. The van der Waals surface area contributed by atoms with Crippen LogP contribution in [-0.2, 0) is 19.1 Å². The molecule has 1 heterocycles. The number of nitrogens with one attached hydrogen (secondary N) is 1. The van der Waals surface area contributed by atoms with E-state index in [0.717, 1.165) is 16.7 Å².